The van der Waals surface area contributed by atoms with Crippen LogP contribution < -0.4 is 10.6 Å². The van der Waals surface area contributed by atoms with Crippen molar-refractivity contribution in [2.75, 3.05) is 11.1 Å². The molecular formula is C20H22N2O4S2. The van der Waals surface area contributed by atoms with Crippen LogP contribution in [-0.4, -0.2) is 25.3 Å². The average molecular weight is 419 g/mol. The summed E-state index contributed by atoms with van der Waals surface area (Å²) in [6.07, 6.45) is 1.38. The molecule has 0 bridgehead atoms. The van der Waals surface area contributed by atoms with Crippen molar-refractivity contribution in [2.45, 2.75) is 30.4 Å². The van der Waals surface area contributed by atoms with Crippen LogP contribution in [0.15, 0.2) is 54.6 Å². The van der Waals surface area contributed by atoms with Crippen LogP contribution in [-0.2, 0) is 14.6 Å². The Kier molecular flexibility index (Phi) is 6.41. The molecule has 2 unspecified atom stereocenters. The number of carbonyl (C=O) groups is 2. The van der Waals surface area contributed by atoms with Gasteiger partial charge in [-0.3, -0.25) is 14.9 Å². The molecule has 0 aliphatic carbocycles. The van der Waals surface area contributed by atoms with E-state index in [0.717, 1.165) is 18.2 Å². The molecule has 0 aromatic heterocycles. The zero-order valence-electron chi connectivity index (χ0n) is 15.4. The Balaban J connectivity index is 1.89. The van der Waals surface area contributed by atoms with Gasteiger partial charge in [-0.15, -0.1) is 0 Å². The van der Waals surface area contributed by atoms with Crippen LogP contribution in [0.1, 0.15) is 41.5 Å². The number of nitrogens with one attached hydrogen (secondary N) is 2. The van der Waals surface area contributed by atoms with Crippen molar-refractivity contribution in [1.29, 1.82) is 0 Å². The molecule has 1 aliphatic heterocycles. The number of imide groups is 1. The molecule has 3 rings (SSSR count). The first-order valence-corrected chi connectivity index (χ1v) is 11.6. The summed E-state index contributed by atoms with van der Waals surface area (Å²) >= 11 is 0.927. The van der Waals surface area contributed by atoms with Crippen LogP contribution in [0.25, 0.3) is 0 Å². The predicted molar refractivity (Wildman–Crippen MR) is 112 cm³/mol. The predicted octanol–water partition coefficient (Wildman–Crippen LogP) is 4.04. The SMILES string of the molecule is CCCCS(=O)(=O)C(Nc1ccccc1)c1ccc(C2SC(=O)NC2=O)cc1. The van der Waals surface area contributed by atoms with Gasteiger partial charge in [-0.25, -0.2) is 8.42 Å². The molecule has 1 fully saturated rings. The van der Waals surface area contributed by atoms with Gasteiger partial charge in [0.05, 0.1) is 5.75 Å². The molecule has 6 nitrogen and oxygen atoms in total. The van der Waals surface area contributed by atoms with E-state index in [4.69, 9.17) is 0 Å². The van der Waals surface area contributed by atoms with Gasteiger partial charge in [0.15, 0.2) is 15.2 Å². The highest BCUT2D eigenvalue weighted by Gasteiger charge is 2.33. The lowest BCUT2D eigenvalue weighted by Crippen LogP contribution is -2.24. The molecule has 2 N–H and O–H groups in total. The fourth-order valence-corrected chi connectivity index (χ4v) is 5.60. The zero-order chi connectivity index (χ0) is 20.1. The van der Waals surface area contributed by atoms with E-state index < -0.39 is 20.5 Å². The van der Waals surface area contributed by atoms with E-state index in [1.807, 2.05) is 37.3 Å². The third kappa shape index (κ3) is 4.74. The molecule has 1 aliphatic rings. The maximum Gasteiger partial charge on any atom is 0.286 e. The third-order valence-corrected chi connectivity index (χ3v) is 7.45. The number of thioether (sulfide) groups is 1. The first-order valence-electron chi connectivity index (χ1n) is 9.05. The van der Waals surface area contributed by atoms with Gasteiger partial charge < -0.3 is 5.32 Å². The summed E-state index contributed by atoms with van der Waals surface area (Å²) < 4.78 is 25.9. The van der Waals surface area contributed by atoms with Gasteiger partial charge in [0.2, 0.25) is 5.91 Å². The Morgan fingerprint density at radius 1 is 1.07 bits per heavy atom. The minimum atomic E-state index is -3.44. The maximum atomic E-state index is 13.0. The Labute approximate surface area is 169 Å². The van der Waals surface area contributed by atoms with Gasteiger partial charge in [0.25, 0.3) is 5.24 Å². The molecule has 2 aromatic rings. The minimum Gasteiger partial charge on any atom is -0.365 e. The molecule has 8 heteroatoms. The summed E-state index contributed by atoms with van der Waals surface area (Å²) in [7, 11) is -3.44. The molecule has 0 saturated carbocycles. The summed E-state index contributed by atoms with van der Waals surface area (Å²) in [5.41, 5.74) is 1.98. The number of amides is 2. The summed E-state index contributed by atoms with van der Waals surface area (Å²) in [5, 5.41) is 3.53. The number of rotatable bonds is 8. The number of carbonyl (C=O) groups excluding carboxylic acids is 2. The molecule has 28 heavy (non-hydrogen) atoms. The second-order valence-electron chi connectivity index (χ2n) is 6.55. The second kappa shape index (κ2) is 8.79. The van der Waals surface area contributed by atoms with E-state index in [2.05, 4.69) is 10.6 Å². The van der Waals surface area contributed by atoms with Gasteiger partial charge in [-0.1, -0.05) is 55.8 Å². The van der Waals surface area contributed by atoms with E-state index in [9.17, 15) is 18.0 Å². The summed E-state index contributed by atoms with van der Waals surface area (Å²) in [6, 6.07) is 16.0. The Morgan fingerprint density at radius 2 is 1.75 bits per heavy atom. The first-order chi connectivity index (χ1) is 13.4. The standard InChI is InChI=1S/C20H22N2O4S2/c1-2-3-13-28(25,26)19(21-16-7-5-4-6-8-16)15-11-9-14(10-12-15)17-18(23)22-20(24)27-17/h4-12,17,19,21H,2-3,13H2,1H3,(H,22,23,24). The zero-order valence-corrected chi connectivity index (χ0v) is 17.1. The van der Waals surface area contributed by atoms with E-state index in [-0.39, 0.29) is 16.9 Å². The number of anilines is 1. The van der Waals surface area contributed by atoms with E-state index in [1.165, 1.54) is 0 Å². The molecule has 0 radical (unpaired) electrons. The normalized spacial score (nSPS) is 18.0. The number of unbranched alkanes of at least 4 members (excludes halogenated alkanes) is 1. The van der Waals surface area contributed by atoms with Crippen LogP contribution in [0.4, 0.5) is 10.5 Å². The quantitative estimate of drug-likeness (QED) is 0.672. The van der Waals surface area contributed by atoms with E-state index in [0.29, 0.717) is 23.2 Å². The molecule has 0 spiro atoms. The lowest BCUT2D eigenvalue weighted by Gasteiger charge is -2.21. The van der Waals surface area contributed by atoms with Gasteiger partial charge >= 0.3 is 0 Å². The Bertz CT molecular complexity index is 944. The van der Waals surface area contributed by atoms with Gasteiger partial charge in [-0.2, -0.15) is 0 Å². The van der Waals surface area contributed by atoms with Crippen molar-refractivity contribution < 1.29 is 18.0 Å². The summed E-state index contributed by atoms with van der Waals surface area (Å²) in [5.74, 6) is -0.261. The van der Waals surface area contributed by atoms with Gasteiger partial charge in [0.1, 0.15) is 5.25 Å². The molecule has 2 amide bonds. The van der Waals surface area contributed by atoms with Crippen LogP contribution in [0.3, 0.4) is 0 Å². The van der Waals surface area contributed by atoms with Crippen molar-refractivity contribution in [3.63, 3.8) is 0 Å². The lowest BCUT2D eigenvalue weighted by molar-refractivity contribution is -0.119. The average Bonchev–Trinajstić information content (AvgIpc) is 3.03. The molecule has 1 heterocycles. The number of hydrogen-bond donors (Lipinski definition) is 2. The van der Waals surface area contributed by atoms with Crippen molar-refractivity contribution in [1.82, 2.24) is 5.32 Å². The minimum absolute atomic E-state index is 0.0884. The summed E-state index contributed by atoms with van der Waals surface area (Å²) in [6.45, 7) is 1.95. The highest BCUT2D eigenvalue weighted by Crippen LogP contribution is 2.35. The Morgan fingerprint density at radius 3 is 2.32 bits per heavy atom. The van der Waals surface area contributed by atoms with Crippen LogP contribution >= 0.6 is 11.8 Å². The maximum absolute atomic E-state index is 13.0. The highest BCUT2D eigenvalue weighted by atomic mass is 32.2. The van der Waals surface area contributed by atoms with Gasteiger partial charge in [0, 0.05) is 5.69 Å². The van der Waals surface area contributed by atoms with Crippen LogP contribution in [0.5, 0.6) is 0 Å². The first kappa shape index (κ1) is 20.4. The summed E-state index contributed by atoms with van der Waals surface area (Å²) in [4.78, 5) is 23.3. The van der Waals surface area contributed by atoms with Crippen molar-refractivity contribution in [2.24, 2.45) is 0 Å². The number of sulfone groups is 1. The van der Waals surface area contributed by atoms with Crippen molar-refractivity contribution in [3.8, 4) is 0 Å². The van der Waals surface area contributed by atoms with Crippen molar-refractivity contribution in [3.05, 3.63) is 65.7 Å². The van der Waals surface area contributed by atoms with Gasteiger partial charge in [-0.05, 0) is 41.4 Å². The second-order valence-corrected chi connectivity index (χ2v) is 9.84. The topological polar surface area (TPSA) is 92.3 Å². The smallest absolute Gasteiger partial charge is 0.286 e. The molecule has 2 atom stereocenters. The molecule has 1 saturated heterocycles. The molecule has 2 aromatic carbocycles. The Hall–Kier alpha value is -2.32. The molecule has 148 valence electrons. The molecular weight excluding hydrogens is 396 g/mol. The fourth-order valence-electron chi connectivity index (χ4n) is 2.95. The fraction of sp³-hybridized carbons (Fsp3) is 0.300. The third-order valence-electron chi connectivity index (χ3n) is 4.44. The lowest BCUT2D eigenvalue weighted by atomic mass is 10.1. The monoisotopic (exact) mass is 418 g/mol. The van der Waals surface area contributed by atoms with Crippen molar-refractivity contribution >= 4 is 38.4 Å². The number of hydrogen-bond acceptors (Lipinski definition) is 6. The van der Waals surface area contributed by atoms with Crippen LogP contribution in [0, 0.1) is 0 Å². The largest absolute Gasteiger partial charge is 0.365 e. The van der Waals surface area contributed by atoms with E-state index >= 15 is 0 Å². The number of para-hydroxylation sites is 1. The van der Waals surface area contributed by atoms with E-state index in [1.54, 1.807) is 24.3 Å². The highest BCUT2D eigenvalue weighted by molar-refractivity contribution is 8.15. The number of benzene rings is 2. The van der Waals surface area contributed by atoms with Crippen LogP contribution in [0.2, 0.25) is 0 Å².